The van der Waals surface area contributed by atoms with Gasteiger partial charge in [-0.2, -0.15) is 0 Å². The van der Waals surface area contributed by atoms with Crippen LogP contribution in [0.2, 0.25) is 4.82 Å². The Hall–Kier alpha value is -3.33. The first-order valence-electron chi connectivity index (χ1n) is 11.0. The molecule has 4 aromatic rings. The molecule has 1 heterocycles. The average molecular weight is 498 g/mol. The number of carbonyl (C=O) groups excluding carboxylic acids is 1. The van der Waals surface area contributed by atoms with Crippen molar-refractivity contribution >= 4 is 26.6 Å². The second kappa shape index (κ2) is 9.66. The Balaban J connectivity index is 1.51. The molecular weight excluding hydrogens is 473 g/mol. The third-order valence-corrected chi connectivity index (χ3v) is 9.32. The van der Waals surface area contributed by atoms with E-state index < -0.39 is 0 Å². The second-order valence-electron chi connectivity index (χ2n) is 8.02. The number of benzene rings is 4. The van der Waals surface area contributed by atoms with Gasteiger partial charge in [0.15, 0.2) is 0 Å². The molecule has 1 fully saturated rings. The van der Waals surface area contributed by atoms with E-state index in [1.807, 2.05) is 47.4 Å². The maximum absolute atomic E-state index is 13.6. The van der Waals surface area contributed by atoms with Gasteiger partial charge >= 0.3 is 201 Å². The van der Waals surface area contributed by atoms with Crippen LogP contribution in [0.15, 0.2) is 115 Å². The molecule has 0 N–H and O–H groups in total. The molecule has 1 aliphatic heterocycles. The van der Waals surface area contributed by atoms with Gasteiger partial charge in [0.1, 0.15) is 0 Å². The van der Waals surface area contributed by atoms with Crippen LogP contribution in [0, 0.1) is 0 Å². The van der Waals surface area contributed by atoms with Gasteiger partial charge in [-0.05, 0) is 0 Å². The first kappa shape index (κ1) is 21.5. The summed E-state index contributed by atoms with van der Waals surface area (Å²) in [5, 5.41) is 0. The van der Waals surface area contributed by atoms with Crippen LogP contribution in [0.25, 0.3) is 0 Å². The normalized spacial score (nSPS) is 17.6. The van der Waals surface area contributed by atoms with E-state index in [-0.39, 0.29) is 36.5 Å². The van der Waals surface area contributed by atoms with E-state index >= 15 is 0 Å². The van der Waals surface area contributed by atoms with E-state index in [4.69, 9.17) is 4.74 Å². The maximum atomic E-state index is 13.6. The predicted octanol–water partition coefficient (Wildman–Crippen LogP) is 6.07. The zero-order valence-corrected chi connectivity index (χ0v) is 20.1. The Bertz CT molecular complexity index is 1160. The van der Waals surface area contributed by atoms with Crippen molar-refractivity contribution in [2.45, 2.75) is 15.7 Å². The van der Waals surface area contributed by atoms with Crippen molar-refractivity contribution < 1.29 is 9.53 Å². The third-order valence-electron chi connectivity index (χ3n) is 6.02. The number of anilines is 1. The van der Waals surface area contributed by atoms with Crippen molar-refractivity contribution in [3.63, 3.8) is 0 Å². The summed E-state index contributed by atoms with van der Waals surface area (Å²) in [7, 11) is 1.66. The van der Waals surface area contributed by atoms with Crippen molar-refractivity contribution in [1.29, 1.82) is 0 Å². The molecule has 0 radical (unpaired) electrons. The van der Waals surface area contributed by atoms with Crippen LogP contribution in [0.1, 0.15) is 27.5 Å². The molecule has 33 heavy (non-hydrogen) atoms. The molecule has 0 aliphatic carbocycles. The van der Waals surface area contributed by atoms with Crippen LogP contribution in [0.4, 0.5) is 5.69 Å². The molecule has 2 atom stereocenters. The van der Waals surface area contributed by atoms with Gasteiger partial charge in [-0.1, -0.05) is 0 Å². The van der Waals surface area contributed by atoms with Gasteiger partial charge in [-0.25, -0.2) is 0 Å². The Morgan fingerprint density at radius 2 is 1.24 bits per heavy atom. The van der Waals surface area contributed by atoms with Gasteiger partial charge in [0.25, 0.3) is 0 Å². The fourth-order valence-corrected chi connectivity index (χ4v) is 7.67. The van der Waals surface area contributed by atoms with Gasteiger partial charge < -0.3 is 0 Å². The van der Waals surface area contributed by atoms with Crippen LogP contribution in [-0.2, 0) is 4.79 Å². The van der Waals surface area contributed by atoms with Crippen LogP contribution in [0.3, 0.4) is 0 Å². The monoisotopic (exact) mass is 499 g/mol. The molecule has 1 amide bonds. The number of methoxy groups -OCH3 is 1. The number of hydrogen-bond donors (Lipinski definition) is 0. The van der Waals surface area contributed by atoms with E-state index in [2.05, 4.69) is 72.8 Å². The predicted molar refractivity (Wildman–Crippen MR) is 134 cm³/mol. The molecule has 1 aliphatic rings. The molecule has 0 spiro atoms. The van der Waals surface area contributed by atoms with Gasteiger partial charge in [-0.15, -0.1) is 0 Å². The van der Waals surface area contributed by atoms with Crippen LogP contribution >= 0.6 is 0 Å². The summed E-state index contributed by atoms with van der Waals surface area (Å²) in [6, 6.07) is 39.4. The average Bonchev–Trinajstić information content (AvgIpc) is 2.89. The summed E-state index contributed by atoms with van der Waals surface area (Å²) in [6.45, 7) is 0. The van der Waals surface area contributed by atoms with Crippen LogP contribution < -0.4 is 9.64 Å². The summed E-state index contributed by atoms with van der Waals surface area (Å²) in [6.07, 6.45) is 0. The number of rotatable bonds is 7. The fourth-order valence-electron chi connectivity index (χ4n) is 4.35. The molecule has 4 aromatic carbocycles. The minimum absolute atomic E-state index is 0.0296. The summed E-state index contributed by atoms with van der Waals surface area (Å²) < 4.78 is 5.31. The van der Waals surface area contributed by atoms with E-state index in [1.165, 1.54) is 16.7 Å². The van der Waals surface area contributed by atoms with Crippen molar-refractivity contribution in [2.24, 2.45) is 0 Å². The zero-order chi connectivity index (χ0) is 22.6. The molecule has 5 rings (SSSR count). The second-order valence-corrected chi connectivity index (χ2v) is 10.6. The SMILES string of the molecule is COc1ccc(N2C(=O)[C@H]([Se]C(c3ccccc3)c3ccccc3)[C@H]2c2ccccc2)cc1. The van der Waals surface area contributed by atoms with E-state index in [0.717, 1.165) is 11.4 Å². The van der Waals surface area contributed by atoms with Gasteiger partial charge in [0, 0.05) is 0 Å². The standard InChI is InChI=1S/C29H25NO2Se/c1-32-25-19-17-24(18-20-25)30-26(21-11-5-2-6-12-21)28(29(30)31)33-27(22-13-7-3-8-14-22)23-15-9-4-10-16-23/h2-20,26-28H,1H3/t26-,28-/m1/s1. The summed E-state index contributed by atoms with van der Waals surface area (Å²) in [5.74, 6) is 0.989. The third kappa shape index (κ3) is 4.32. The molecule has 0 unspecified atom stereocenters. The molecule has 164 valence electrons. The first-order chi connectivity index (χ1) is 16.3. The summed E-state index contributed by atoms with van der Waals surface area (Å²) in [4.78, 5) is 15.7. The Kier molecular flexibility index (Phi) is 6.30. The minimum atomic E-state index is -0.0348. The first-order valence-corrected chi connectivity index (χ1v) is 13.0. The van der Waals surface area contributed by atoms with E-state index in [0.29, 0.717) is 0 Å². The molecule has 4 heteroatoms. The Morgan fingerprint density at radius 3 is 1.76 bits per heavy atom. The van der Waals surface area contributed by atoms with Gasteiger partial charge in [0.05, 0.1) is 0 Å². The van der Waals surface area contributed by atoms with Crippen molar-refractivity contribution in [1.82, 2.24) is 0 Å². The quantitative estimate of drug-likeness (QED) is 0.229. The summed E-state index contributed by atoms with van der Waals surface area (Å²) in [5.41, 5.74) is 4.63. The number of carbonyl (C=O) groups is 1. The van der Waals surface area contributed by atoms with Gasteiger partial charge in [-0.3, -0.25) is 0 Å². The van der Waals surface area contributed by atoms with Crippen LogP contribution in [-0.4, -0.2) is 28.0 Å². The number of ether oxygens (including phenoxy) is 1. The Morgan fingerprint density at radius 1 is 0.727 bits per heavy atom. The van der Waals surface area contributed by atoms with E-state index in [9.17, 15) is 4.79 Å². The number of nitrogens with zero attached hydrogens (tertiary/aromatic N) is 1. The number of β-lactam (4-membered cyclic amide) rings is 1. The molecule has 0 bridgehead atoms. The Labute approximate surface area is 201 Å². The van der Waals surface area contributed by atoms with Gasteiger partial charge in [0.2, 0.25) is 0 Å². The zero-order valence-electron chi connectivity index (χ0n) is 18.4. The molecule has 3 nitrogen and oxygen atoms in total. The molecule has 1 saturated heterocycles. The molecule has 0 saturated carbocycles. The van der Waals surface area contributed by atoms with Crippen molar-refractivity contribution in [3.8, 4) is 5.75 Å². The number of amides is 1. The van der Waals surface area contributed by atoms with Crippen molar-refractivity contribution in [3.05, 3.63) is 132 Å². The van der Waals surface area contributed by atoms with Crippen LogP contribution in [0.5, 0.6) is 5.75 Å². The summed E-state index contributed by atoms with van der Waals surface area (Å²) >= 11 is 0.0310. The fraction of sp³-hybridized carbons (Fsp3) is 0.138. The number of hydrogen-bond acceptors (Lipinski definition) is 2. The topological polar surface area (TPSA) is 29.5 Å². The van der Waals surface area contributed by atoms with Crippen molar-refractivity contribution in [2.75, 3.05) is 12.0 Å². The van der Waals surface area contributed by atoms with E-state index in [1.54, 1.807) is 7.11 Å². The molecular formula is C29H25NO2Se. The molecule has 0 aromatic heterocycles.